The largest absolute Gasteiger partial charge is 0.315 e. The Hall–Kier alpha value is -0.0400. The minimum Gasteiger partial charge on any atom is -0.315 e. The van der Waals surface area contributed by atoms with Crippen LogP contribution < -0.4 is 5.32 Å². The highest BCUT2D eigenvalue weighted by molar-refractivity contribution is 4.60. The zero-order valence-electron chi connectivity index (χ0n) is 8.65. The van der Waals surface area contributed by atoms with Gasteiger partial charge in [-0.1, -0.05) is 34.6 Å². The summed E-state index contributed by atoms with van der Waals surface area (Å²) in [5, 5.41) is 3.43. The van der Waals surface area contributed by atoms with E-state index in [-0.39, 0.29) is 0 Å². The molecule has 1 N–H and O–H groups in total. The van der Waals surface area contributed by atoms with Gasteiger partial charge in [0.1, 0.15) is 0 Å². The van der Waals surface area contributed by atoms with Gasteiger partial charge in [-0.2, -0.15) is 0 Å². The lowest BCUT2D eigenvalue weighted by Gasteiger charge is -2.16. The molecule has 0 aliphatic rings. The Morgan fingerprint density at radius 1 is 1.00 bits per heavy atom. The molecule has 0 unspecified atom stereocenters. The van der Waals surface area contributed by atoms with Gasteiger partial charge in [0.15, 0.2) is 0 Å². The maximum atomic E-state index is 3.43. The van der Waals surface area contributed by atoms with Crippen molar-refractivity contribution in [3.63, 3.8) is 0 Å². The maximum Gasteiger partial charge on any atom is 0.00103 e. The molecule has 0 amide bonds. The van der Waals surface area contributed by atoms with Gasteiger partial charge in [-0.25, -0.2) is 0 Å². The molecule has 0 rings (SSSR count). The average molecular weight is 157 g/mol. The molecular weight excluding hydrogens is 134 g/mol. The number of nitrogens with one attached hydrogen (secondary N) is 1. The fourth-order valence-electron chi connectivity index (χ4n) is 0.933. The zero-order valence-corrected chi connectivity index (χ0v) is 8.65. The van der Waals surface area contributed by atoms with E-state index in [9.17, 15) is 0 Å². The van der Waals surface area contributed by atoms with Gasteiger partial charge in [0, 0.05) is 6.04 Å². The van der Waals surface area contributed by atoms with Gasteiger partial charge in [0.25, 0.3) is 0 Å². The second kappa shape index (κ2) is 5.59. The quantitative estimate of drug-likeness (QED) is 0.647. The van der Waals surface area contributed by atoms with Crippen LogP contribution in [0.15, 0.2) is 0 Å². The molecule has 0 saturated heterocycles. The minimum absolute atomic E-state index is 0.634. The maximum absolute atomic E-state index is 3.43. The highest BCUT2D eigenvalue weighted by Gasteiger charge is 2.05. The third kappa shape index (κ3) is 6.36. The summed E-state index contributed by atoms with van der Waals surface area (Å²) in [7, 11) is 0. The van der Waals surface area contributed by atoms with E-state index in [1.807, 2.05) is 0 Å². The summed E-state index contributed by atoms with van der Waals surface area (Å²) in [5.41, 5.74) is 0. The van der Waals surface area contributed by atoms with Gasteiger partial charge in [-0.05, 0) is 24.8 Å². The molecule has 11 heavy (non-hydrogen) atoms. The van der Waals surface area contributed by atoms with Crippen molar-refractivity contribution in [2.45, 2.75) is 47.1 Å². The van der Waals surface area contributed by atoms with E-state index in [1.165, 1.54) is 6.42 Å². The van der Waals surface area contributed by atoms with E-state index in [1.54, 1.807) is 0 Å². The van der Waals surface area contributed by atoms with Crippen molar-refractivity contribution in [2.75, 3.05) is 6.54 Å². The first kappa shape index (κ1) is 11.0. The zero-order chi connectivity index (χ0) is 8.85. The number of hydrogen-bond donors (Lipinski definition) is 1. The third-order valence-electron chi connectivity index (χ3n) is 2.29. The fraction of sp³-hybridized carbons (Fsp3) is 1.00. The van der Waals surface area contributed by atoms with E-state index >= 15 is 0 Å². The van der Waals surface area contributed by atoms with E-state index < -0.39 is 0 Å². The molecule has 0 aliphatic carbocycles. The molecule has 0 radical (unpaired) electrons. The lowest BCUT2D eigenvalue weighted by atomic mass is 9.95. The van der Waals surface area contributed by atoms with Crippen LogP contribution in [0.1, 0.15) is 41.0 Å². The van der Waals surface area contributed by atoms with Crippen molar-refractivity contribution in [3.8, 4) is 0 Å². The number of hydrogen-bond acceptors (Lipinski definition) is 1. The molecule has 0 heterocycles. The Balaban J connectivity index is 3.24. The monoisotopic (exact) mass is 157 g/mol. The molecule has 1 heteroatoms. The summed E-state index contributed by atoms with van der Waals surface area (Å²) in [6.45, 7) is 12.5. The van der Waals surface area contributed by atoms with E-state index in [0.29, 0.717) is 6.04 Å². The van der Waals surface area contributed by atoms with Crippen LogP contribution in [0, 0.1) is 11.8 Å². The first-order valence-electron chi connectivity index (χ1n) is 4.77. The topological polar surface area (TPSA) is 12.0 Å². The van der Waals surface area contributed by atoms with E-state index in [4.69, 9.17) is 0 Å². The summed E-state index contributed by atoms with van der Waals surface area (Å²) in [4.78, 5) is 0. The third-order valence-corrected chi connectivity index (χ3v) is 2.29. The van der Waals surface area contributed by atoms with Crippen molar-refractivity contribution in [1.29, 1.82) is 0 Å². The molecule has 0 saturated carbocycles. The van der Waals surface area contributed by atoms with Crippen molar-refractivity contribution >= 4 is 0 Å². The van der Waals surface area contributed by atoms with Crippen molar-refractivity contribution < 1.29 is 0 Å². The van der Waals surface area contributed by atoms with Gasteiger partial charge >= 0.3 is 0 Å². The molecule has 1 atom stereocenters. The van der Waals surface area contributed by atoms with Gasteiger partial charge in [0.05, 0.1) is 0 Å². The Morgan fingerprint density at radius 2 is 1.55 bits per heavy atom. The smallest absolute Gasteiger partial charge is 0.00103 e. The molecule has 0 aromatic heterocycles. The van der Waals surface area contributed by atoms with Gasteiger partial charge in [0.2, 0.25) is 0 Å². The molecule has 0 aromatic carbocycles. The van der Waals surface area contributed by atoms with Crippen LogP contribution in [0.3, 0.4) is 0 Å². The standard InChI is InChI=1S/C10H23N/c1-8(2)10(5)6-7-11-9(3)4/h8-11H,6-7H2,1-5H3/t10-/m1/s1. The van der Waals surface area contributed by atoms with Gasteiger partial charge in [-0.15, -0.1) is 0 Å². The average Bonchev–Trinajstić information content (AvgIpc) is 1.86. The minimum atomic E-state index is 0.634. The molecule has 1 nitrogen and oxygen atoms in total. The molecule has 0 aromatic rings. The van der Waals surface area contributed by atoms with Crippen LogP contribution >= 0.6 is 0 Å². The van der Waals surface area contributed by atoms with Crippen LogP contribution in [0.5, 0.6) is 0 Å². The fourth-order valence-corrected chi connectivity index (χ4v) is 0.933. The lowest BCUT2D eigenvalue weighted by Crippen LogP contribution is -2.25. The second-order valence-electron chi connectivity index (χ2n) is 4.12. The summed E-state index contributed by atoms with van der Waals surface area (Å²) >= 11 is 0. The normalized spacial score (nSPS) is 14.5. The van der Waals surface area contributed by atoms with Crippen LogP contribution in [0.25, 0.3) is 0 Å². The Kier molecular flexibility index (Phi) is 5.57. The van der Waals surface area contributed by atoms with E-state index in [2.05, 4.69) is 39.9 Å². The second-order valence-corrected chi connectivity index (χ2v) is 4.12. The van der Waals surface area contributed by atoms with Crippen molar-refractivity contribution in [1.82, 2.24) is 5.32 Å². The Bertz CT molecular complexity index is 86.9. The highest BCUT2D eigenvalue weighted by atomic mass is 14.9. The van der Waals surface area contributed by atoms with Crippen molar-refractivity contribution in [3.05, 3.63) is 0 Å². The summed E-state index contributed by atoms with van der Waals surface area (Å²) < 4.78 is 0. The SMILES string of the molecule is CC(C)NCC[C@@H](C)C(C)C. The first-order chi connectivity index (χ1) is 5.04. The summed E-state index contributed by atoms with van der Waals surface area (Å²) in [6.07, 6.45) is 1.30. The van der Waals surface area contributed by atoms with Crippen LogP contribution in [0.2, 0.25) is 0 Å². The Labute approximate surface area is 71.6 Å². The molecular formula is C10H23N. The predicted molar refractivity (Wildman–Crippen MR) is 51.8 cm³/mol. The van der Waals surface area contributed by atoms with Crippen LogP contribution in [-0.4, -0.2) is 12.6 Å². The van der Waals surface area contributed by atoms with Crippen molar-refractivity contribution in [2.24, 2.45) is 11.8 Å². The predicted octanol–water partition coefficient (Wildman–Crippen LogP) is 2.67. The summed E-state index contributed by atoms with van der Waals surface area (Å²) in [5.74, 6) is 1.67. The molecule has 0 fully saturated rings. The molecule has 68 valence electrons. The van der Waals surface area contributed by atoms with Gasteiger partial charge < -0.3 is 5.32 Å². The first-order valence-corrected chi connectivity index (χ1v) is 4.77. The Morgan fingerprint density at radius 3 is 1.91 bits per heavy atom. The summed E-state index contributed by atoms with van der Waals surface area (Å²) in [6, 6.07) is 0.634. The van der Waals surface area contributed by atoms with Crippen LogP contribution in [0.4, 0.5) is 0 Å². The highest BCUT2D eigenvalue weighted by Crippen LogP contribution is 2.12. The number of rotatable bonds is 5. The molecule has 0 bridgehead atoms. The lowest BCUT2D eigenvalue weighted by molar-refractivity contribution is 0.376. The molecule has 0 spiro atoms. The molecule has 0 aliphatic heterocycles. The van der Waals surface area contributed by atoms with Crippen LogP contribution in [-0.2, 0) is 0 Å². The van der Waals surface area contributed by atoms with Gasteiger partial charge in [-0.3, -0.25) is 0 Å². The van der Waals surface area contributed by atoms with E-state index in [0.717, 1.165) is 18.4 Å².